The molecule has 0 aliphatic heterocycles. The number of aliphatic hydroxyl groups excluding tert-OH is 1. The van der Waals surface area contributed by atoms with Gasteiger partial charge in [-0.15, -0.1) is 0 Å². The molecule has 1 unspecified atom stereocenters. The molecule has 1 N–H and O–H groups in total. The summed E-state index contributed by atoms with van der Waals surface area (Å²) in [5.41, 5.74) is 2.19. The topological polar surface area (TPSA) is 29.5 Å². The van der Waals surface area contributed by atoms with Crippen LogP contribution in [0.3, 0.4) is 0 Å². The molecule has 1 atom stereocenters. The van der Waals surface area contributed by atoms with Crippen LogP contribution in [0.15, 0.2) is 24.3 Å². The van der Waals surface area contributed by atoms with Crippen molar-refractivity contribution in [3.63, 3.8) is 0 Å². The molecule has 0 saturated heterocycles. The number of rotatable bonds is 7. The van der Waals surface area contributed by atoms with Gasteiger partial charge in [-0.2, -0.15) is 0 Å². The average Bonchev–Trinajstić information content (AvgIpc) is 2.29. The third kappa shape index (κ3) is 5.85. The summed E-state index contributed by atoms with van der Waals surface area (Å²) < 4.78 is 5.50. The molecule has 1 aromatic rings. The maximum absolute atomic E-state index is 9.94. The third-order valence-corrected chi connectivity index (χ3v) is 2.84. The van der Waals surface area contributed by atoms with Crippen molar-refractivity contribution in [3.05, 3.63) is 35.4 Å². The highest BCUT2D eigenvalue weighted by atomic mass is 16.5. The third-order valence-electron chi connectivity index (χ3n) is 2.84. The lowest BCUT2D eigenvalue weighted by Crippen LogP contribution is -2.05. The Bertz CT molecular complexity index is 303. The van der Waals surface area contributed by atoms with Crippen LogP contribution in [0.1, 0.15) is 43.9 Å². The summed E-state index contributed by atoms with van der Waals surface area (Å²) in [4.78, 5) is 0. The number of hydrogen-bond acceptors (Lipinski definition) is 2. The van der Waals surface area contributed by atoms with Crippen molar-refractivity contribution < 1.29 is 9.84 Å². The van der Waals surface area contributed by atoms with Crippen LogP contribution >= 0.6 is 0 Å². The van der Waals surface area contributed by atoms with Crippen LogP contribution in [0.2, 0.25) is 0 Å². The predicted molar refractivity (Wildman–Crippen MR) is 71.0 cm³/mol. The number of benzene rings is 1. The van der Waals surface area contributed by atoms with E-state index >= 15 is 0 Å². The standard InChI is InChI=1S/C15H24O2/c1-12(2)8-10-17-11-9-15(16)14-6-4-13(3)5-7-14/h4-7,12,15-16H,8-11H2,1-3H3. The Morgan fingerprint density at radius 1 is 1.06 bits per heavy atom. The summed E-state index contributed by atoms with van der Waals surface area (Å²) in [5, 5.41) is 9.94. The highest BCUT2D eigenvalue weighted by molar-refractivity contribution is 5.22. The van der Waals surface area contributed by atoms with Gasteiger partial charge in [0.15, 0.2) is 0 Å². The molecular formula is C15H24O2. The zero-order chi connectivity index (χ0) is 12.7. The van der Waals surface area contributed by atoms with Crippen LogP contribution in [0.5, 0.6) is 0 Å². The van der Waals surface area contributed by atoms with E-state index in [1.54, 1.807) is 0 Å². The highest BCUT2D eigenvalue weighted by Gasteiger charge is 2.06. The summed E-state index contributed by atoms with van der Waals surface area (Å²) in [6.45, 7) is 7.83. The molecule has 0 radical (unpaired) electrons. The van der Waals surface area contributed by atoms with Gasteiger partial charge in [0.05, 0.1) is 6.10 Å². The normalized spacial score (nSPS) is 13.0. The van der Waals surface area contributed by atoms with E-state index in [1.165, 1.54) is 5.56 Å². The van der Waals surface area contributed by atoms with Gasteiger partial charge in [-0.3, -0.25) is 0 Å². The van der Waals surface area contributed by atoms with Crippen molar-refractivity contribution in [1.82, 2.24) is 0 Å². The molecular weight excluding hydrogens is 212 g/mol. The fourth-order valence-electron chi connectivity index (χ4n) is 1.57. The van der Waals surface area contributed by atoms with Gasteiger partial charge in [0.2, 0.25) is 0 Å². The lowest BCUT2D eigenvalue weighted by Gasteiger charge is -2.12. The first-order chi connectivity index (χ1) is 8.09. The van der Waals surface area contributed by atoms with Gasteiger partial charge in [0.1, 0.15) is 0 Å². The molecule has 0 fully saturated rings. The Balaban J connectivity index is 2.21. The van der Waals surface area contributed by atoms with Gasteiger partial charge in [-0.05, 0) is 24.8 Å². The Morgan fingerprint density at radius 2 is 1.65 bits per heavy atom. The lowest BCUT2D eigenvalue weighted by atomic mass is 10.1. The number of ether oxygens (including phenoxy) is 1. The zero-order valence-electron chi connectivity index (χ0n) is 11.1. The van der Waals surface area contributed by atoms with E-state index in [-0.39, 0.29) is 0 Å². The van der Waals surface area contributed by atoms with E-state index in [0.29, 0.717) is 18.9 Å². The van der Waals surface area contributed by atoms with Gasteiger partial charge in [0.25, 0.3) is 0 Å². The molecule has 0 aromatic heterocycles. The number of hydrogen-bond donors (Lipinski definition) is 1. The Hall–Kier alpha value is -0.860. The second-order valence-electron chi connectivity index (χ2n) is 5.01. The first kappa shape index (κ1) is 14.2. The zero-order valence-corrected chi connectivity index (χ0v) is 11.1. The van der Waals surface area contributed by atoms with Crippen LogP contribution in [0, 0.1) is 12.8 Å². The minimum Gasteiger partial charge on any atom is -0.388 e. The summed E-state index contributed by atoms with van der Waals surface area (Å²) >= 11 is 0. The van der Waals surface area contributed by atoms with Gasteiger partial charge in [-0.25, -0.2) is 0 Å². The molecule has 1 rings (SSSR count). The van der Waals surface area contributed by atoms with E-state index in [4.69, 9.17) is 4.74 Å². The van der Waals surface area contributed by atoms with Gasteiger partial charge >= 0.3 is 0 Å². The second kappa shape index (κ2) is 7.46. The maximum Gasteiger partial charge on any atom is 0.0812 e. The molecule has 0 heterocycles. The van der Waals surface area contributed by atoms with Gasteiger partial charge < -0.3 is 9.84 Å². The van der Waals surface area contributed by atoms with E-state index in [2.05, 4.69) is 13.8 Å². The molecule has 2 heteroatoms. The Labute approximate surface area is 105 Å². The van der Waals surface area contributed by atoms with Crippen molar-refractivity contribution in [2.45, 2.75) is 39.7 Å². The van der Waals surface area contributed by atoms with E-state index in [1.807, 2.05) is 31.2 Å². The van der Waals surface area contributed by atoms with Gasteiger partial charge in [0, 0.05) is 19.6 Å². The van der Waals surface area contributed by atoms with Gasteiger partial charge in [-0.1, -0.05) is 43.7 Å². The molecule has 0 saturated carbocycles. The summed E-state index contributed by atoms with van der Waals surface area (Å²) in [6.07, 6.45) is 1.34. The summed E-state index contributed by atoms with van der Waals surface area (Å²) in [7, 11) is 0. The van der Waals surface area contributed by atoms with Crippen molar-refractivity contribution in [2.75, 3.05) is 13.2 Å². The molecule has 2 nitrogen and oxygen atoms in total. The van der Waals surface area contributed by atoms with Crippen LogP contribution in [0.25, 0.3) is 0 Å². The fraction of sp³-hybridized carbons (Fsp3) is 0.600. The quantitative estimate of drug-likeness (QED) is 0.734. The van der Waals surface area contributed by atoms with Crippen LogP contribution < -0.4 is 0 Å². The van der Waals surface area contributed by atoms with Crippen LogP contribution in [-0.2, 0) is 4.74 Å². The second-order valence-corrected chi connectivity index (χ2v) is 5.01. The number of aryl methyl sites for hydroxylation is 1. The van der Waals surface area contributed by atoms with E-state index in [9.17, 15) is 5.11 Å². The monoisotopic (exact) mass is 236 g/mol. The van der Waals surface area contributed by atoms with Crippen molar-refractivity contribution in [1.29, 1.82) is 0 Å². The largest absolute Gasteiger partial charge is 0.388 e. The minimum absolute atomic E-state index is 0.408. The Morgan fingerprint density at radius 3 is 2.24 bits per heavy atom. The van der Waals surface area contributed by atoms with Crippen molar-refractivity contribution >= 4 is 0 Å². The van der Waals surface area contributed by atoms with Crippen LogP contribution in [0.4, 0.5) is 0 Å². The molecule has 96 valence electrons. The SMILES string of the molecule is Cc1ccc(C(O)CCOCCC(C)C)cc1. The fourth-order valence-corrected chi connectivity index (χ4v) is 1.57. The molecule has 0 bridgehead atoms. The predicted octanol–water partition coefficient (Wildman–Crippen LogP) is 3.48. The smallest absolute Gasteiger partial charge is 0.0812 e. The maximum atomic E-state index is 9.94. The molecule has 0 amide bonds. The lowest BCUT2D eigenvalue weighted by molar-refractivity contribution is 0.0767. The van der Waals surface area contributed by atoms with Crippen molar-refractivity contribution in [2.24, 2.45) is 5.92 Å². The summed E-state index contributed by atoms with van der Waals surface area (Å²) in [6, 6.07) is 8.01. The number of aliphatic hydroxyl groups is 1. The molecule has 0 aliphatic rings. The van der Waals surface area contributed by atoms with E-state index in [0.717, 1.165) is 18.6 Å². The summed E-state index contributed by atoms with van der Waals surface area (Å²) in [5.74, 6) is 0.678. The Kier molecular flexibility index (Phi) is 6.23. The minimum atomic E-state index is -0.408. The van der Waals surface area contributed by atoms with Crippen molar-refractivity contribution in [3.8, 4) is 0 Å². The average molecular weight is 236 g/mol. The molecule has 0 spiro atoms. The van der Waals surface area contributed by atoms with E-state index < -0.39 is 6.10 Å². The molecule has 1 aromatic carbocycles. The van der Waals surface area contributed by atoms with Crippen LogP contribution in [-0.4, -0.2) is 18.3 Å². The first-order valence-corrected chi connectivity index (χ1v) is 6.42. The highest BCUT2D eigenvalue weighted by Crippen LogP contribution is 2.17. The first-order valence-electron chi connectivity index (χ1n) is 6.42. The molecule has 17 heavy (non-hydrogen) atoms. The molecule has 0 aliphatic carbocycles.